The fraction of sp³-hybridized carbons (Fsp3) is 0.263. The van der Waals surface area contributed by atoms with Crippen molar-refractivity contribution < 1.29 is 9.53 Å². The lowest BCUT2D eigenvalue weighted by Gasteiger charge is -2.27. The molecule has 2 aromatic rings. The van der Waals surface area contributed by atoms with Crippen molar-refractivity contribution in [2.75, 3.05) is 26.3 Å². The molecule has 0 aliphatic carbocycles. The average molecular weight is 325 g/mol. The molecule has 0 spiro atoms. The Kier molecular flexibility index (Phi) is 5.28. The van der Waals surface area contributed by atoms with Gasteiger partial charge < -0.3 is 4.74 Å². The molecule has 0 unspecified atom stereocenters. The molecule has 0 saturated carbocycles. The van der Waals surface area contributed by atoms with Crippen LogP contribution in [0.25, 0.3) is 0 Å². The molecule has 0 amide bonds. The maximum Gasteiger partial charge on any atom is 0.193 e. The van der Waals surface area contributed by atoms with E-state index in [9.17, 15) is 4.79 Å². The van der Waals surface area contributed by atoms with Crippen LogP contribution >= 0.6 is 12.2 Å². The standard InChI is InChI=1S/C19H19NO2S/c21-19(16-7-5-15(14-23)6-8-16)18-4-2-1-3-17(18)13-20-9-11-22-12-10-20/h1-8,14H,9-13H2. The van der Waals surface area contributed by atoms with Gasteiger partial charge in [0.1, 0.15) is 0 Å². The summed E-state index contributed by atoms with van der Waals surface area (Å²) in [5.74, 6) is 0.0600. The van der Waals surface area contributed by atoms with E-state index in [2.05, 4.69) is 4.90 Å². The Morgan fingerprint density at radius 3 is 2.48 bits per heavy atom. The molecule has 1 heterocycles. The highest BCUT2D eigenvalue weighted by atomic mass is 32.1. The van der Waals surface area contributed by atoms with Crippen molar-refractivity contribution in [1.29, 1.82) is 0 Å². The van der Waals surface area contributed by atoms with Crippen LogP contribution in [0.4, 0.5) is 0 Å². The summed E-state index contributed by atoms with van der Waals surface area (Å²) in [6.07, 6.45) is 0. The zero-order valence-electron chi connectivity index (χ0n) is 12.9. The number of morpholine rings is 1. The number of hydrogen-bond donors (Lipinski definition) is 0. The van der Waals surface area contributed by atoms with Crippen LogP contribution in [-0.2, 0) is 11.3 Å². The number of ketones is 1. The van der Waals surface area contributed by atoms with Gasteiger partial charge in [0.05, 0.1) is 13.2 Å². The summed E-state index contributed by atoms with van der Waals surface area (Å²) in [6, 6.07) is 15.3. The van der Waals surface area contributed by atoms with E-state index in [0.717, 1.165) is 49.5 Å². The van der Waals surface area contributed by atoms with E-state index < -0.39 is 0 Å². The molecule has 0 atom stereocenters. The van der Waals surface area contributed by atoms with E-state index in [1.807, 2.05) is 48.5 Å². The lowest BCUT2D eigenvalue weighted by molar-refractivity contribution is 0.0341. The summed E-state index contributed by atoms with van der Waals surface area (Å²) in [7, 11) is 0. The molecular weight excluding hydrogens is 306 g/mol. The minimum Gasteiger partial charge on any atom is -0.379 e. The van der Waals surface area contributed by atoms with Gasteiger partial charge in [-0.3, -0.25) is 9.69 Å². The van der Waals surface area contributed by atoms with Gasteiger partial charge in [0.2, 0.25) is 0 Å². The first-order valence-electron chi connectivity index (χ1n) is 7.76. The maximum atomic E-state index is 12.8. The molecule has 0 aromatic heterocycles. The second-order valence-corrected chi connectivity index (χ2v) is 5.85. The summed E-state index contributed by atoms with van der Waals surface area (Å²) in [5.41, 5.74) is 3.48. The molecule has 1 saturated heterocycles. The van der Waals surface area contributed by atoms with Crippen LogP contribution in [0.15, 0.2) is 48.5 Å². The summed E-state index contributed by atoms with van der Waals surface area (Å²) in [4.78, 5) is 15.2. The second-order valence-electron chi connectivity index (χ2n) is 5.61. The van der Waals surface area contributed by atoms with Crippen molar-refractivity contribution in [3.8, 4) is 0 Å². The van der Waals surface area contributed by atoms with Crippen molar-refractivity contribution in [3.63, 3.8) is 0 Å². The normalized spacial score (nSPS) is 15.3. The van der Waals surface area contributed by atoms with Crippen LogP contribution in [0.3, 0.4) is 0 Å². The summed E-state index contributed by atoms with van der Waals surface area (Å²) in [5, 5.41) is 1.61. The van der Waals surface area contributed by atoms with Crippen LogP contribution in [0.1, 0.15) is 27.0 Å². The molecule has 23 heavy (non-hydrogen) atoms. The Morgan fingerprint density at radius 1 is 1.09 bits per heavy atom. The van der Waals surface area contributed by atoms with Crippen molar-refractivity contribution in [2.24, 2.45) is 0 Å². The Morgan fingerprint density at radius 2 is 1.78 bits per heavy atom. The molecule has 4 heteroatoms. The van der Waals surface area contributed by atoms with Crippen molar-refractivity contribution >= 4 is 23.4 Å². The number of carbonyl (C=O) groups excluding carboxylic acids is 1. The third-order valence-electron chi connectivity index (χ3n) is 4.07. The number of thiocarbonyl (C=S) groups is 1. The lowest BCUT2D eigenvalue weighted by Crippen LogP contribution is -2.36. The smallest absolute Gasteiger partial charge is 0.193 e. The first kappa shape index (κ1) is 16.0. The molecule has 1 aliphatic heterocycles. The Labute approximate surface area is 141 Å². The van der Waals surface area contributed by atoms with Gasteiger partial charge in [-0.1, -0.05) is 60.7 Å². The Balaban J connectivity index is 1.83. The highest BCUT2D eigenvalue weighted by Crippen LogP contribution is 2.17. The third kappa shape index (κ3) is 3.91. The van der Waals surface area contributed by atoms with Crippen LogP contribution in [0.5, 0.6) is 0 Å². The highest BCUT2D eigenvalue weighted by Gasteiger charge is 2.17. The molecule has 3 nitrogen and oxygen atoms in total. The van der Waals surface area contributed by atoms with Crippen LogP contribution < -0.4 is 0 Å². The van der Waals surface area contributed by atoms with Gasteiger partial charge >= 0.3 is 0 Å². The van der Waals surface area contributed by atoms with E-state index in [-0.39, 0.29) is 5.78 Å². The number of ether oxygens (including phenoxy) is 1. The molecule has 1 fully saturated rings. The second kappa shape index (κ2) is 7.59. The van der Waals surface area contributed by atoms with E-state index in [1.54, 1.807) is 5.37 Å². The molecule has 2 aromatic carbocycles. The fourth-order valence-electron chi connectivity index (χ4n) is 2.75. The Bertz CT molecular complexity index is 691. The minimum atomic E-state index is 0.0600. The monoisotopic (exact) mass is 325 g/mol. The van der Waals surface area contributed by atoms with E-state index in [1.165, 1.54) is 0 Å². The van der Waals surface area contributed by atoms with Gasteiger partial charge in [0, 0.05) is 36.1 Å². The lowest BCUT2D eigenvalue weighted by atomic mass is 9.97. The predicted molar refractivity (Wildman–Crippen MR) is 95.2 cm³/mol. The number of carbonyl (C=O) groups is 1. The first-order chi connectivity index (χ1) is 11.3. The predicted octanol–water partition coefficient (Wildman–Crippen LogP) is 3.10. The maximum absolute atomic E-state index is 12.8. The van der Waals surface area contributed by atoms with Gasteiger partial charge in [-0.25, -0.2) is 0 Å². The van der Waals surface area contributed by atoms with Crippen LogP contribution in [0.2, 0.25) is 0 Å². The van der Waals surface area contributed by atoms with E-state index in [0.29, 0.717) is 5.56 Å². The molecule has 118 valence electrons. The van der Waals surface area contributed by atoms with Gasteiger partial charge in [-0.2, -0.15) is 0 Å². The van der Waals surface area contributed by atoms with Crippen LogP contribution in [-0.4, -0.2) is 42.4 Å². The topological polar surface area (TPSA) is 29.5 Å². The van der Waals surface area contributed by atoms with Gasteiger partial charge in [0.15, 0.2) is 5.78 Å². The summed E-state index contributed by atoms with van der Waals surface area (Å²) >= 11 is 4.91. The summed E-state index contributed by atoms with van der Waals surface area (Å²) in [6.45, 7) is 4.12. The zero-order chi connectivity index (χ0) is 16.1. The molecule has 1 aliphatic rings. The first-order valence-corrected chi connectivity index (χ1v) is 8.23. The number of nitrogens with zero attached hydrogens (tertiary/aromatic N) is 1. The van der Waals surface area contributed by atoms with Gasteiger partial charge in [0.25, 0.3) is 0 Å². The molecular formula is C19H19NO2S. The minimum absolute atomic E-state index is 0.0600. The molecule has 0 N–H and O–H groups in total. The Hall–Kier alpha value is -1.88. The molecule has 0 radical (unpaired) electrons. The highest BCUT2D eigenvalue weighted by molar-refractivity contribution is 7.79. The van der Waals surface area contributed by atoms with Gasteiger partial charge in [-0.05, 0) is 11.1 Å². The fourth-order valence-corrected chi connectivity index (χ4v) is 2.91. The van der Waals surface area contributed by atoms with Crippen molar-refractivity contribution in [2.45, 2.75) is 6.54 Å². The van der Waals surface area contributed by atoms with Crippen molar-refractivity contribution in [1.82, 2.24) is 4.90 Å². The van der Waals surface area contributed by atoms with Crippen LogP contribution in [0, 0.1) is 0 Å². The largest absolute Gasteiger partial charge is 0.379 e. The SMILES string of the molecule is O=C(c1ccc(C=S)cc1)c1ccccc1CN1CCOCC1. The zero-order valence-corrected chi connectivity index (χ0v) is 13.7. The van der Waals surface area contributed by atoms with Gasteiger partial charge in [-0.15, -0.1) is 0 Å². The molecule has 0 bridgehead atoms. The number of rotatable bonds is 5. The summed E-state index contributed by atoms with van der Waals surface area (Å²) < 4.78 is 5.39. The van der Waals surface area contributed by atoms with E-state index in [4.69, 9.17) is 17.0 Å². The van der Waals surface area contributed by atoms with Crippen molar-refractivity contribution in [3.05, 3.63) is 70.8 Å². The number of benzene rings is 2. The third-order valence-corrected chi connectivity index (χ3v) is 4.34. The average Bonchev–Trinajstić information content (AvgIpc) is 2.62. The molecule has 3 rings (SSSR count). The number of hydrogen-bond acceptors (Lipinski definition) is 4. The quantitative estimate of drug-likeness (QED) is 0.624. The van der Waals surface area contributed by atoms with E-state index >= 15 is 0 Å².